The summed E-state index contributed by atoms with van der Waals surface area (Å²) in [5.41, 5.74) is 2.66. The first-order valence-corrected chi connectivity index (χ1v) is 6.10. The maximum atomic E-state index is 11.5. The van der Waals surface area contributed by atoms with E-state index in [2.05, 4.69) is 20.5 Å². The van der Waals surface area contributed by atoms with E-state index in [-0.39, 0.29) is 11.8 Å². The molecule has 2 heterocycles. The van der Waals surface area contributed by atoms with Gasteiger partial charge in [0.1, 0.15) is 5.88 Å². The minimum Gasteiger partial charge on any atom is -0.480 e. The van der Waals surface area contributed by atoms with Crippen LogP contribution in [0.1, 0.15) is 5.69 Å². The van der Waals surface area contributed by atoms with E-state index in [1.165, 1.54) is 7.11 Å². The van der Waals surface area contributed by atoms with Crippen molar-refractivity contribution in [3.8, 4) is 17.1 Å². The Morgan fingerprint density at radius 3 is 2.95 bits per heavy atom. The molecule has 0 bridgehead atoms. The second-order valence-electron chi connectivity index (χ2n) is 3.85. The van der Waals surface area contributed by atoms with Crippen molar-refractivity contribution in [2.75, 3.05) is 18.3 Å². The summed E-state index contributed by atoms with van der Waals surface area (Å²) in [6.07, 6.45) is 1.61. The molecule has 19 heavy (non-hydrogen) atoms. The Morgan fingerprint density at radius 1 is 1.58 bits per heavy atom. The van der Waals surface area contributed by atoms with E-state index in [0.29, 0.717) is 22.8 Å². The van der Waals surface area contributed by atoms with Gasteiger partial charge in [0.25, 0.3) is 0 Å². The lowest BCUT2D eigenvalue weighted by molar-refractivity contribution is -0.113. The van der Waals surface area contributed by atoms with Gasteiger partial charge < -0.3 is 10.1 Å². The second-order valence-corrected chi connectivity index (χ2v) is 4.11. The van der Waals surface area contributed by atoms with Gasteiger partial charge in [0.05, 0.1) is 24.1 Å². The van der Waals surface area contributed by atoms with Gasteiger partial charge in [0.15, 0.2) is 0 Å². The number of hydrogen-bond acceptors (Lipinski definition) is 4. The molecule has 0 unspecified atom stereocenters. The zero-order valence-electron chi connectivity index (χ0n) is 10.5. The monoisotopic (exact) mass is 280 g/mol. The molecule has 0 saturated heterocycles. The number of nitrogens with one attached hydrogen (secondary N) is 2. The SMILES string of the molecule is COc1nc(C)cc(NC(=O)CCl)c1-c1ccn[nH]1. The molecule has 0 aliphatic rings. The Hall–Kier alpha value is -2.08. The molecule has 0 saturated carbocycles. The highest BCUT2D eigenvalue weighted by atomic mass is 35.5. The van der Waals surface area contributed by atoms with Crippen molar-refractivity contribution in [2.45, 2.75) is 6.92 Å². The van der Waals surface area contributed by atoms with Crippen LogP contribution in [0.5, 0.6) is 5.88 Å². The molecular weight excluding hydrogens is 268 g/mol. The predicted octanol–water partition coefficient (Wildman–Crippen LogP) is 1.97. The lowest BCUT2D eigenvalue weighted by atomic mass is 10.1. The number of methoxy groups -OCH3 is 1. The highest BCUT2D eigenvalue weighted by Gasteiger charge is 2.17. The molecule has 0 spiro atoms. The Labute approximate surface area is 115 Å². The topological polar surface area (TPSA) is 79.9 Å². The number of H-pyrrole nitrogens is 1. The van der Waals surface area contributed by atoms with Gasteiger partial charge in [-0.15, -0.1) is 11.6 Å². The molecule has 2 N–H and O–H groups in total. The van der Waals surface area contributed by atoms with Gasteiger partial charge >= 0.3 is 0 Å². The summed E-state index contributed by atoms with van der Waals surface area (Å²) in [5.74, 6) is -0.00394. The van der Waals surface area contributed by atoms with Crippen LogP contribution in [0.2, 0.25) is 0 Å². The van der Waals surface area contributed by atoms with E-state index in [1.54, 1.807) is 18.3 Å². The number of alkyl halides is 1. The molecule has 0 aromatic carbocycles. The molecule has 0 aliphatic carbocycles. The number of halogens is 1. The minimum absolute atomic E-state index is 0.119. The van der Waals surface area contributed by atoms with Crippen LogP contribution in [0.25, 0.3) is 11.3 Å². The Balaban J connectivity index is 2.56. The molecule has 6 nitrogen and oxygen atoms in total. The number of hydrogen-bond donors (Lipinski definition) is 2. The average molecular weight is 281 g/mol. The fraction of sp³-hybridized carbons (Fsp3) is 0.250. The first kappa shape index (κ1) is 13.4. The fourth-order valence-electron chi connectivity index (χ4n) is 1.73. The highest BCUT2D eigenvalue weighted by Crippen LogP contribution is 2.34. The maximum Gasteiger partial charge on any atom is 0.239 e. The summed E-state index contributed by atoms with van der Waals surface area (Å²) >= 11 is 5.51. The van der Waals surface area contributed by atoms with Crippen LogP contribution in [0, 0.1) is 6.92 Å². The Morgan fingerprint density at radius 2 is 2.37 bits per heavy atom. The van der Waals surface area contributed by atoms with E-state index in [4.69, 9.17) is 16.3 Å². The Bertz CT molecular complexity index is 584. The first-order chi connectivity index (χ1) is 9.15. The molecular formula is C12H13ClN4O2. The molecule has 2 aromatic heterocycles. The second kappa shape index (κ2) is 5.71. The molecule has 0 radical (unpaired) electrons. The molecule has 100 valence electrons. The average Bonchev–Trinajstić information content (AvgIpc) is 2.91. The van der Waals surface area contributed by atoms with E-state index in [1.807, 2.05) is 6.92 Å². The van der Waals surface area contributed by atoms with E-state index in [9.17, 15) is 4.79 Å². The number of aromatic amines is 1. The van der Waals surface area contributed by atoms with E-state index >= 15 is 0 Å². The van der Waals surface area contributed by atoms with Gasteiger partial charge in [0.2, 0.25) is 11.8 Å². The van der Waals surface area contributed by atoms with Gasteiger partial charge in [0, 0.05) is 11.9 Å². The normalized spacial score (nSPS) is 10.3. The smallest absolute Gasteiger partial charge is 0.239 e. The van der Waals surface area contributed by atoms with Gasteiger partial charge in [-0.3, -0.25) is 9.89 Å². The van der Waals surface area contributed by atoms with Crippen LogP contribution in [-0.2, 0) is 4.79 Å². The molecule has 2 aromatic rings. The summed E-state index contributed by atoms with van der Waals surface area (Å²) < 4.78 is 5.26. The molecule has 2 rings (SSSR count). The summed E-state index contributed by atoms with van der Waals surface area (Å²) in [5, 5.41) is 9.44. The van der Waals surface area contributed by atoms with Gasteiger partial charge in [-0.2, -0.15) is 5.10 Å². The number of carbonyl (C=O) groups excluding carboxylic acids is 1. The number of rotatable bonds is 4. The number of ether oxygens (including phenoxy) is 1. The lowest BCUT2D eigenvalue weighted by Gasteiger charge is -2.13. The van der Waals surface area contributed by atoms with Crippen LogP contribution in [0.3, 0.4) is 0 Å². The van der Waals surface area contributed by atoms with Crippen molar-refractivity contribution < 1.29 is 9.53 Å². The summed E-state index contributed by atoms with van der Waals surface area (Å²) in [7, 11) is 1.52. The third kappa shape index (κ3) is 2.85. The van der Waals surface area contributed by atoms with Gasteiger partial charge in [-0.1, -0.05) is 0 Å². The first-order valence-electron chi connectivity index (χ1n) is 5.57. The number of amides is 1. The van der Waals surface area contributed by atoms with Crippen LogP contribution in [0.15, 0.2) is 18.3 Å². The summed E-state index contributed by atoms with van der Waals surface area (Å²) in [6.45, 7) is 1.82. The number of anilines is 1. The third-order valence-corrected chi connectivity index (χ3v) is 2.72. The largest absolute Gasteiger partial charge is 0.480 e. The zero-order chi connectivity index (χ0) is 13.8. The molecule has 0 aliphatic heterocycles. The predicted molar refractivity (Wildman–Crippen MR) is 72.5 cm³/mol. The van der Waals surface area contributed by atoms with E-state index in [0.717, 1.165) is 5.69 Å². The lowest BCUT2D eigenvalue weighted by Crippen LogP contribution is -2.14. The number of nitrogens with zero attached hydrogens (tertiary/aromatic N) is 2. The van der Waals surface area contributed by atoms with E-state index < -0.39 is 0 Å². The number of pyridine rings is 1. The number of aryl methyl sites for hydroxylation is 1. The van der Waals surface area contributed by atoms with Crippen molar-refractivity contribution in [3.05, 3.63) is 24.0 Å². The summed E-state index contributed by atoms with van der Waals surface area (Å²) in [4.78, 5) is 15.8. The van der Waals surface area contributed by atoms with Gasteiger partial charge in [-0.05, 0) is 19.1 Å². The van der Waals surface area contributed by atoms with Crippen molar-refractivity contribution in [1.29, 1.82) is 0 Å². The van der Waals surface area contributed by atoms with Crippen LogP contribution in [0.4, 0.5) is 5.69 Å². The zero-order valence-corrected chi connectivity index (χ0v) is 11.3. The molecule has 1 amide bonds. The van der Waals surface area contributed by atoms with Crippen LogP contribution >= 0.6 is 11.6 Å². The molecule has 7 heteroatoms. The van der Waals surface area contributed by atoms with Crippen molar-refractivity contribution in [3.63, 3.8) is 0 Å². The number of aromatic nitrogens is 3. The minimum atomic E-state index is -0.296. The van der Waals surface area contributed by atoms with Gasteiger partial charge in [-0.25, -0.2) is 4.98 Å². The fourth-order valence-corrected chi connectivity index (χ4v) is 1.80. The Kier molecular flexibility index (Phi) is 4.01. The highest BCUT2D eigenvalue weighted by molar-refractivity contribution is 6.29. The van der Waals surface area contributed by atoms with Crippen molar-refractivity contribution in [1.82, 2.24) is 15.2 Å². The standard InChI is InChI=1S/C12H13ClN4O2/c1-7-5-9(16-10(18)6-13)11(12(15-7)19-2)8-3-4-14-17-8/h3-5H,6H2,1-2H3,(H,14,17)(H,15,16,18). The molecule has 0 fully saturated rings. The van der Waals surface area contributed by atoms with Crippen molar-refractivity contribution in [2.24, 2.45) is 0 Å². The van der Waals surface area contributed by atoms with Crippen LogP contribution in [-0.4, -0.2) is 34.1 Å². The van der Waals surface area contributed by atoms with Crippen LogP contribution < -0.4 is 10.1 Å². The van der Waals surface area contributed by atoms with Crippen molar-refractivity contribution >= 4 is 23.2 Å². The number of carbonyl (C=O) groups is 1. The maximum absolute atomic E-state index is 11.5. The molecule has 0 atom stereocenters. The third-order valence-electron chi connectivity index (χ3n) is 2.47. The quantitative estimate of drug-likeness (QED) is 0.839. The summed E-state index contributed by atoms with van der Waals surface area (Å²) in [6, 6.07) is 3.52.